The first-order chi connectivity index (χ1) is 11.4. The van der Waals surface area contributed by atoms with Crippen molar-refractivity contribution in [2.24, 2.45) is 0 Å². The Hall–Kier alpha value is -2.06. The molecule has 0 saturated carbocycles. The Kier molecular flexibility index (Phi) is 5.74. The lowest BCUT2D eigenvalue weighted by atomic mass is 10.1. The third kappa shape index (κ3) is 3.96. The van der Waals surface area contributed by atoms with E-state index < -0.39 is 11.9 Å². The number of nitrogens with one attached hydrogen (secondary N) is 1. The zero-order chi connectivity index (χ0) is 17.3. The molecule has 3 rings (SSSR count). The van der Waals surface area contributed by atoms with Crippen LogP contribution in [0.1, 0.15) is 23.0 Å². The lowest BCUT2D eigenvalue weighted by Crippen LogP contribution is -2.52. The Morgan fingerprint density at radius 2 is 2.08 bits per heavy atom. The van der Waals surface area contributed by atoms with Crippen LogP contribution in [-0.4, -0.2) is 46.3 Å². The number of nitrogens with zero attached hydrogens (tertiary/aromatic N) is 3. The summed E-state index contributed by atoms with van der Waals surface area (Å²) < 4.78 is 39.9. The van der Waals surface area contributed by atoms with E-state index in [0.717, 1.165) is 16.9 Å². The molecule has 136 valence electrons. The van der Waals surface area contributed by atoms with Crippen molar-refractivity contribution in [2.45, 2.75) is 19.1 Å². The Morgan fingerprint density at radius 1 is 1.32 bits per heavy atom. The third-order valence-electron chi connectivity index (χ3n) is 4.03. The molecule has 1 N–H and O–H groups in total. The van der Waals surface area contributed by atoms with Crippen LogP contribution >= 0.6 is 12.4 Å². The first-order valence-corrected chi connectivity index (χ1v) is 7.61. The number of benzene rings is 1. The van der Waals surface area contributed by atoms with Crippen LogP contribution < -0.4 is 5.32 Å². The molecular formula is C16H18ClF3N4O. The summed E-state index contributed by atoms with van der Waals surface area (Å²) in [6.45, 7) is 3.90. The van der Waals surface area contributed by atoms with Gasteiger partial charge in [0.2, 0.25) is 0 Å². The molecule has 1 aromatic carbocycles. The minimum atomic E-state index is -4.51. The summed E-state index contributed by atoms with van der Waals surface area (Å²) in [4.78, 5) is 14.4. The number of hydrogen-bond donors (Lipinski definition) is 1. The van der Waals surface area contributed by atoms with Gasteiger partial charge in [0.15, 0.2) is 0 Å². The van der Waals surface area contributed by atoms with Crippen LogP contribution in [0.15, 0.2) is 36.5 Å². The van der Waals surface area contributed by atoms with Crippen LogP contribution in [-0.2, 0) is 6.18 Å². The minimum absolute atomic E-state index is 0. The van der Waals surface area contributed by atoms with E-state index in [1.54, 1.807) is 17.0 Å². The van der Waals surface area contributed by atoms with E-state index in [2.05, 4.69) is 10.4 Å². The zero-order valence-electron chi connectivity index (χ0n) is 13.5. The van der Waals surface area contributed by atoms with Gasteiger partial charge >= 0.3 is 6.18 Å². The summed E-state index contributed by atoms with van der Waals surface area (Å²) in [5.41, 5.74) is -0.312. The Morgan fingerprint density at radius 3 is 2.76 bits per heavy atom. The standard InChI is InChI=1S/C16H17F3N4O.ClH/c1-11-10-20-7-8-22(11)15(24)12-3-2-4-13(9-12)23-14(5-6-21-23)16(17,18)19;/h2-6,9,11,20H,7-8,10H2,1H3;1H/t11-;/m1./s1. The summed E-state index contributed by atoms with van der Waals surface area (Å²) in [6, 6.07) is 7.06. The number of carbonyl (C=O) groups excluding carboxylic acids is 1. The molecule has 1 aromatic heterocycles. The lowest BCUT2D eigenvalue weighted by molar-refractivity contribution is -0.142. The molecule has 1 atom stereocenters. The predicted molar refractivity (Wildman–Crippen MR) is 89.2 cm³/mol. The molecule has 2 aromatic rings. The molecule has 1 saturated heterocycles. The van der Waals surface area contributed by atoms with Crippen LogP contribution in [0.25, 0.3) is 5.69 Å². The van der Waals surface area contributed by atoms with Crippen LogP contribution in [0.3, 0.4) is 0 Å². The minimum Gasteiger partial charge on any atom is -0.333 e. The van der Waals surface area contributed by atoms with Crippen molar-refractivity contribution >= 4 is 18.3 Å². The maximum atomic E-state index is 13.0. The first-order valence-electron chi connectivity index (χ1n) is 7.61. The van der Waals surface area contributed by atoms with Gasteiger partial charge in [0, 0.05) is 31.2 Å². The lowest BCUT2D eigenvalue weighted by Gasteiger charge is -2.34. The maximum absolute atomic E-state index is 13.0. The topological polar surface area (TPSA) is 50.2 Å². The first kappa shape index (κ1) is 19.3. The van der Waals surface area contributed by atoms with E-state index in [1.165, 1.54) is 12.1 Å². The molecular weight excluding hydrogens is 357 g/mol. The number of aromatic nitrogens is 2. The Bertz CT molecular complexity index is 747. The monoisotopic (exact) mass is 374 g/mol. The molecule has 1 aliphatic rings. The van der Waals surface area contributed by atoms with Gasteiger partial charge in [-0.3, -0.25) is 4.79 Å². The number of rotatable bonds is 2. The van der Waals surface area contributed by atoms with Crippen molar-refractivity contribution in [3.8, 4) is 5.69 Å². The molecule has 1 fully saturated rings. The fraction of sp³-hybridized carbons (Fsp3) is 0.375. The number of halogens is 4. The highest BCUT2D eigenvalue weighted by atomic mass is 35.5. The van der Waals surface area contributed by atoms with Crippen molar-refractivity contribution in [1.29, 1.82) is 0 Å². The third-order valence-corrected chi connectivity index (χ3v) is 4.03. The molecule has 2 heterocycles. The highest BCUT2D eigenvalue weighted by molar-refractivity contribution is 5.95. The maximum Gasteiger partial charge on any atom is 0.433 e. The molecule has 25 heavy (non-hydrogen) atoms. The van der Waals surface area contributed by atoms with Crippen LogP contribution in [0.4, 0.5) is 13.2 Å². The van der Waals surface area contributed by atoms with E-state index in [9.17, 15) is 18.0 Å². The Balaban J connectivity index is 0.00000225. The fourth-order valence-corrected chi connectivity index (χ4v) is 2.80. The van der Waals surface area contributed by atoms with Crippen LogP contribution in [0.2, 0.25) is 0 Å². The van der Waals surface area contributed by atoms with E-state index in [0.29, 0.717) is 25.2 Å². The Labute approximate surface area is 149 Å². The molecule has 0 spiro atoms. The number of alkyl halides is 3. The van der Waals surface area contributed by atoms with Crippen LogP contribution in [0, 0.1) is 0 Å². The highest BCUT2D eigenvalue weighted by Gasteiger charge is 2.35. The summed E-state index contributed by atoms with van der Waals surface area (Å²) in [5, 5.41) is 6.94. The van der Waals surface area contributed by atoms with Gasteiger partial charge in [-0.2, -0.15) is 18.3 Å². The molecule has 1 amide bonds. The molecule has 0 aliphatic carbocycles. The van der Waals surface area contributed by atoms with Crippen molar-refractivity contribution in [3.05, 3.63) is 47.8 Å². The second-order valence-corrected chi connectivity index (χ2v) is 5.73. The smallest absolute Gasteiger partial charge is 0.333 e. The average Bonchev–Trinajstić information content (AvgIpc) is 3.05. The normalized spacial score (nSPS) is 17.9. The molecule has 5 nitrogen and oxygen atoms in total. The van der Waals surface area contributed by atoms with Gasteiger partial charge in [0.1, 0.15) is 5.69 Å². The van der Waals surface area contributed by atoms with E-state index in [1.807, 2.05) is 6.92 Å². The number of hydrogen-bond acceptors (Lipinski definition) is 3. The molecule has 0 radical (unpaired) electrons. The van der Waals surface area contributed by atoms with Gasteiger partial charge in [0.05, 0.1) is 11.9 Å². The second-order valence-electron chi connectivity index (χ2n) is 5.73. The van der Waals surface area contributed by atoms with Crippen molar-refractivity contribution in [3.63, 3.8) is 0 Å². The SMILES string of the molecule is C[C@@H]1CNCCN1C(=O)c1cccc(-n2nccc2C(F)(F)F)c1.Cl. The largest absolute Gasteiger partial charge is 0.433 e. The molecule has 9 heteroatoms. The second kappa shape index (κ2) is 7.45. The van der Waals surface area contributed by atoms with Gasteiger partial charge in [-0.25, -0.2) is 4.68 Å². The molecule has 0 bridgehead atoms. The number of carbonyl (C=O) groups is 1. The van der Waals surface area contributed by atoms with E-state index in [-0.39, 0.29) is 30.0 Å². The molecule has 0 unspecified atom stereocenters. The van der Waals surface area contributed by atoms with Gasteiger partial charge in [-0.15, -0.1) is 12.4 Å². The summed E-state index contributed by atoms with van der Waals surface area (Å²) in [6.07, 6.45) is -3.42. The average molecular weight is 375 g/mol. The van der Waals surface area contributed by atoms with Crippen molar-refractivity contribution in [1.82, 2.24) is 20.0 Å². The van der Waals surface area contributed by atoms with Crippen molar-refractivity contribution < 1.29 is 18.0 Å². The number of amides is 1. The van der Waals surface area contributed by atoms with Gasteiger partial charge in [-0.1, -0.05) is 6.07 Å². The van der Waals surface area contributed by atoms with Crippen molar-refractivity contribution in [2.75, 3.05) is 19.6 Å². The van der Waals surface area contributed by atoms with Crippen LogP contribution in [0.5, 0.6) is 0 Å². The van der Waals surface area contributed by atoms with Gasteiger partial charge in [0.25, 0.3) is 5.91 Å². The predicted octanol–water partition coefficient (Wildman–Crippen LogP) is 2.75. The summed E-state index contributed by atoms with van der Waals surface area (Å²) >= 11 is 0. The number of piperazine rings is 1. The fourth-order valence-electron chi connectivity index (χ4n) is 2.80. The molecule has 1 aliphatic heterocycles. The zero-order valence-corrected chi connectivity index (χ0v) is 14.3. The van der Waals surface area contributed by atoms with E-state index in [4.69, 9.17) is 0 Å². The highest BCUT2D eigenvalue weighted by Crippen LogP contribution is 2.30. The summed E-state index contributed by atoms with van der Waals surface area (Å²) in [5.74, 6) is -0.188. The van der Waals surface area contributed by atoms with Gasteiger partial charge in [-0.05, 0) is 31.2 Å². The quantitative estimate of drug-likeness (QED) is 0.879. The van der Waals surface area contributed by atoms with E-state index >= 15 is 0 Å². The summed E-state index contributed by atoms with van der Waals surface area (Å²) in [7, 11) is 0. The van der Waals surface area contributed by atoms with Gasteiger partial charge < -0.3 is 10.2 Å².